The van der Waals surface area contributed by atoms with Gasteiger partial charge in [-0.15, -0.1) is 0 Å². The number of rotatable bonds is 1. The molecule has 0 saturated carbocycles. The van der Waals surface area contributed by atoms with Gasteiger partial charge in [0.2, 0.25) is 0 Å². The minimum Gasteiger partial charge on any atom is -0.270 e. The van der Waals surface area contributed by atoms with Crippen LogP contribution in [-0.4, -0.2) is 30.1 Å². The Hall–Kier alpha value is -1.12. The lowest BCUT2D eigenvalue weighted by Gasteiger charge is -2.18. The summed E-state index contributed by atoms with van der Waals surface area (Å²) in [6.45, 7) is 7.96. The van der Waals surface area contributed by atoms with Crippen molar-refractivity contribution in [1.82, 2.24) is 5.01 Å². The summed E-state index contributed by atoms with van der Waals surface area (Å²) in [6, 6.07) is 0.351. The number of aliphatic imine (C=N–C) groups is 1. The van der Waals surface area contributed by atoms with Crippen molar-refractivity contribution in [3.63, 3.8) is 0 Å². The van der Waals surface area contributed by atoms with Crippen LogP contribution in [0, 0.1) is 0 Å². The van der Waals surface area contributed by atoms with Gasteiger partial charge in [-0.25, -0.2) is 5.01 Å². The van der Waals surface area contributed by atoms with Gasteiger partial charge in [0.1, 0.15) is 0 Å². The second-order valence-corrected chi connectivity index (χ2v) is 2.76. The predicted octanol–water partition coefficient (Wildman–Crippen LogP) is 1.28. The highest BCUT2D eigenvalue weighted by molar-refractivity contribution is 6.17. The minimum absolute atomic E-state index is 0.351. The minimum atomic E-state index is 0.351. The van der Waals surface area contributed by atoms with Crippen LogP contribution in [0.2, 0.25) is 0 Å². The fraction of sp³-hybridized carbons (Fsp3) is 0.500. The lowest BCUT2D eigenvalue weighted by molar-refractivity contribution is 0.378. The maximum Gasteiger partial charge on any atom is 0.152 e. The molecule has 3 nitrogen and oxygen atoms in total. The Morgan fingerprint density at radius 2 is 2.27 bits per heavy atom. The van der Waals surface area contributed by atoms with E-state index in [0.717, 1.165) is 11.4 Å². The molecule has 60 valence electrons. The van der Waals surface area contributed by atoms with Gasteiger partial charge in [-0.1, -0.05) is 6.58 Å². The quantitative estimate of drug-likeness (QED) is 0.554. The molecule has 1 rings (SSSR count). The van der Waals surface area contributed by atoms with Crippen LogP contribution < -0.4 is 0 Å². The average molecular weight is 151 g/mol. The molecule has 0 saturated heterocycles. The van der Waals surface area contributed by atoms with Gasteiger partial charge in [0, 0.05) is 18.7 Å². The lowest BCUT2D eigenvalue weighted by atomic mass is 10.3. The van der Waals surface area contributed by atoms with Crippen molar-refractivity contribution in [2.45, 2.75) is 19.9 Å². The molecule has 1 aliphatic rings. The molecule has 0 unspecified atom stereocenters. The molecular formula is C8H13N3. The van der Waals surface area contributed by atoms with E-state index in [1.807, 2.05) is 5.01 Å². The Labute approximate surface area is 67.1 Å². The van der Waals surface area contributed by atoms with E-state index in [4.69, 9.17) is 0 Å². The second-order valence-electron chi connectivity index (χ2n) is 2.76. The number of hydrogen-bond donors (Lipinski definition) is 0. The molecule has 0 amide bonds. The molecular weight excluding hydrogens is 138 g/mol. The first-order valence-corrected chi connectivity index (χ1v) is 3.66. The standard InChI is InChI=1S/C8H13N3/c1-6(2)11-8(9-4)7(3)5-10-11/h5-6H,3H2,1-2,4H3. The molecule has 1 heterocycles. The second kappa shape index (κ2) is 2.86. The maximum atomic E-state index is 4.15. The maximum absolute atomic E-state index is 4.15. The van der Waals surface area contributed by atoms with Crippen molar-refractivity contribution in [3.8, 4) is 0 Å². The zero-order valence-corrected chi connectivity index (χ0v) is 7.20. The summed E-state index contributed by atoms with van der Waals surface area (Å²) < 4.78 is 0. The molecule has 0 atom stereocenters. The Morgan fingerprint density at radius 3 is 2.64 bits per heavy atom. The first-order chi connectivity index (χ1) is 5.16. The zero-order valence-electron chi connectivity index (χ0n) is 7.20. The molecule has 0 aromatic heterocycles. The van der Waals surface area contributed by atoms with Gasteiger partial charge >= 0.3 is 0 Å². The number of nitrogens with zero attached hydrogens (tertiary/aromatic N) is 3. The summed E-state index contributed by atoms with van der Waals surface area (Å²) in [7, 11) is 1.75. The van der Waals surface area contributed by atoms with Crippen LogP contribution in [0.3, 0.4) is 0 Å². The first-order valence-electron chi connectivity index (χ1n) is 3.66. The first kappa shape index (κ1) is 7.98. The van der Waals surface area contributed by atoms with Crippen LogP contribution in [0.15, 0.2) is 22.2 Å². The van der Waals surface area contributed by atoms with Crippen molar-refractivity contribution in [2.24, 2.45) is 10.1 Å². The third-order valence-electron chi connectivity index (χ3n) is 1.54. The average Bonchev–Trinajstić information content (AvgIpc) is 2.30. The van der Waals surface area contributed by atoms with Crippen LogP contribution in [0.5, 0.6) is 0 Å². The van der Waals surface area contributed by atoms with E-state index in [0.29, 0.717) is 6.04 Å². The number of hydrazone groups is 1. The van der Waals surface area contributed by atoms with Crippen LogP contribution in [-0.2, 0) is 0 Å². The summed E-state index contributed by atoms with van der Waals surface area (Å²) in [4.78, 5) is 4.09. The smallest absolute Gasteiger partial charge is 0.152 e. The van der Waals surface area contributed by atoms with Gasteiger partial charge in [0.25, 0.3) is 0 Å². The Morgan fingerprint density at radius 1 is 1.64 bits per heavy atom. The van der Waals surface area contributed by atoms with Gasteiger partial charge < -0.3 is 0 Å². The molecule has 11 heavy (non-hydrogen) atoms. The lowest BCUT2D eigenvalue weighted by Crippen LogP contribution is -2.28. The third kappa shape index (κ3) is 1.31. The van der Waals surface area contributed by atoms with Gasteiger partial charge in [0.15, 0.2) is 5.84 Å². The van der Waals surface area contributed by atoms with Crippen LogP contribution in [0.1, 0.15) is 13.8 Å². The number of amidine groups is 1. The predicted molar refractivity (Wildman–Crippen MR) is 48.0 cm³/mol. The molecule has 0 aromatic carbocycles. The zero-order chi connectivity index (χ0) is 8.43. The molecule has 3 heteroatoms. The highest BCUT2D eigenvalue weighted by atomic mass is 15.5. The molecule has 1 aliphatic heterocycles. The van der Waals surface area contributed by atoms with Crippen molar-refractivity contribution in [2.75, 3.05) is 7.05 Å². The van der Waals surface area contributed by atoms with E-state index in [2.05, 4.69) is 30.5 Å². The van der Waals surface area contributed by atoms with E-state index in [1.54, 1.807) is 13.3 Å². The fourth-order valence-electron chi connectivity index (χ4n) is 1.02. The van der Waals surface area contributed by atoms with Crippen molar-refractivity contribution < 1.29 is 0 Å². The summed E-state index contributed by atoms with van der Waals surface area (Å²) >= 11 is 0. The van der Waals surface area contributed by atoms with Gasteiger partial charge in [-0.3, -0.25) is 4.99 Å². The molecule has 0 aliphatic carbocycles. The van der Waals surface area contributed by atoms with E-state index >= 15 is 0 Å². The van der Waals surface area contributed by atoms with Crippen LogP contribution >= 0.6 is 0 Å². The Bertz CT molecular complexity index is 225. The summed E-state index contributed by atoms with van der Waals surface area (Å²) in [5, 5.41) is 6.01. The van der Waals surface area contributed by atoms with E-state index in [9.17, 15) is 0 Å². The van der Waals surface area contributed by atoms with Crippen LogP contribution in [0.25, 0.3) is 0 Å². The fourth-order valence-corrected chi connectivity index (χ4v) is 1.02. The monoisotopic (exact) mass is 151 g/mol. The molecule has 0 N–H and O–H groups in total. The third-order valence-corrected chi connectivity index (χ3v) is 1.54. The summed E-state index contributed by atoms with van der Waals surface area (Å²) in [6.07, 6.45) is 1.74. The molecule has 0 aromatic rings. The highest BCUT2D eigenvalue weighted by Gasteiger charge is 2.19. The van der Waals surface area contributed by atoms with Gasteiger partial charge in [-0.2, -0.15) is 5.10 Å². The Kier molecular flexibility index (Phi) is 2.08. The van der Waals surface area contributed by atoms with Gasteiger partial charge in [-0.05, 0) is 13.8 Å². The van der Waals surface area contributed by atoms with Crippen molar-refractivity contribution >= 4 is 12.1 Å². The normalized spacial score (nSPS) is 20.9. The topological polar surface area (TPSA) is 28.0 Å². The SMILES string of the molecule is C=C1C=NN(C(C)C)C1=NC. The van der Waals surface area contributed by atoms with E-state index in [-0.39, 0.29) is 0 Å². The van der Waals surface area contributed by atoms with E-state index < -0.39 is 0 Å². The van der Waals surface area contributed by atoms with Crippen molar-refractivity contribution in [1.29, 1.82) is 0 Å². The van der Waals surface area contributed by atoms with E-state index in [1.165, 1.54) is 0 Å². The van der Waals surface area contributed by atoms with Crippen LogP contribution in [0.4, 0.5) is 0 Å². The summed E-state index contributed by atoms with van der Waals surface area (Å²) in [5.74, 6) is 0.875. The highest BCUT2D eigenvalue weighted by Crippen LogP contribution is 2.12. The molecule has 0 spiro atoms. The van der Waals surface area contributed by atoms with Gasteiger partial charge in [0.05, 0.1) is 6.21 Å². The number of hydrogen-bond acceptors (Lipinski definition) is 2. The molecule has 0 fully saturated rings. The van der Waals surface area contributed by atoms with Crippen molar-refractivity contribution in [3.05, 3.63) is 12.2 Å². The largest absolute Gasteiger partial charge is 0.270 e. The molecule has 0 radical (unpaired) electrons. The summed E-state index contributed by atoms with van der Waals surface area (Å²) in [5.41, 5.74) is 0.890. The Balaban J connectivity index is 2.86. The molecule has 0 bridgehead atoms.